The van der Waals surface area contributed by atoms with Gasteiger partial charge in [-0.2, -0.15) is 0 Å². The number of benzene rings is 2. The van der Waals surface area contributed by atoms with Gasteiger partial charge in [0.05, 0.1) is 13.2 Å². The van der Waals surface area contributed by atoms with E-state index >= 15 is 0 Å². The molecule has 1 unspecified atom stereocenters. The predicted octanol–water partition coefficient (Wildman–Crippen LogP) is 3.40. The number of nitrogens with two attached hydrogens (primary N) is 1. The van der Waals surface area contributed by atoms with Gasteiger partial charge in [0.2, 0.25) is 0 Å². The molecule has 0 saturated heterocycles. The lowest BCUT2D eigenvalue weighted by Gasteiger charge is -2.15. The Balaban J connectivity index is 1.85. The summed E-state index contributed by atoms with van der Waals surface area (Å²) in [6, 6.07) is 10.4. The summed E-state index contributed by atoms with van der Waals surface area (Å²) in [7, 11) is 1.60. The molecule has 0 aliphatic heterocycles. The molecule has 3 aromatic rings. The van der Waals surface area contributed by atoms with Crippen LogP contribution in [0.15, 0.2) is 54.9 Å². The smallest absolute Gasteiger partial charge is 0.130 e. The average molecular weight is 329 g/mol. The molecular formula is C18H17F2N3O. The third-order valence-electron chi connectivity index (χ3n) is 3.73. The van der Waals surface area contributed by atoms with Crippen molar-refractivity contribution in [2.75, 3.05) is 7.11 Å². The van der Waals surface area contributed by atoms with E-state index in [0.717, 1.165) is 17.5 Å². The minimum atomic E-state index is -0.615. The highest BCUT2D eigenvalue weighted by Gasteiger charge is 2.15. The molecule has 0 aliphatic carbocycles. The zero-order chi connectivity index (χ0) is 17.1. The second kappa shape index (κ2) is 6.80. The third-order valence-corrected chi connectivity index (χ3v) is 3.73. The van der Waals surface area contributed by atoms with Crippen LogP contribution in [0, 0.1) is 11.6 Å². The summed E-state index contributed by atoms with van der Waals surface area (Å²) in [6.07, 6.45) is 3.72. The maximum absolute atomic E-state index is 13.3. The lowest BCUT2D eigenvalue weighted by Crippen LogP contribution is -2.18. The maximum Gasteiger partial charge on any atom is 0.130 e. The van der Waals surface area contributed by atoms with Gasteiger partial charge in [0, 0.05) is 24.1 Å². The lowest BCUT2D eigenvalue weighted by molar-refractivity contribution is 0.414. The van der Waals surface area contributed by atoms with Crippen molar-refractivity contribution in [2.24, 2.45) is 5.73 Å². The number of imidazole rings is 1. The molecule has 1 atom stereocenters. The van der Waals surface area contributed by atoms with Gasteiger partial charge >= 0.3 is 0 Å². The number of ether oxygens (including phenoxy) is 1. The molecule has 0 fully saturated rings. The van der Waals surface area contributed by atoms with E-state index in [2.05, 4.69) is 4.98 Å². The van der Waals surface area contributed by atoms with Crippen LogP contribution in [0.1, 0.15) is 17.4 Å². The number of hydrogen-bond donors (Lipinski definition) is 1. The molecule has 0 aliphatic rings. The molecule has 0 amide bonds. The van der Waals surface area contributed by atoms with Crippen LogP contribution in [-0.4, -0.2) is 16.7 Å². The largest absolute Gasteiger partial charge is 0.497 e. The van der Waals surface area contributed by atoms with Gasteiger partial charge in [0.1, 0.15) is 23.2 Å². The lowest BCUT2D eigenvalue weighted by atomic mass is 10.1. The summed E-state index contributed by atoms with van der Waals surface area (Å²) in [5.41, 5.74) is 7.58. The van der Waals surface area contributed by atoms with E-state index < -0.39 is 17.7 Å². The number of methoxy groups -OCH3 is 1. The summed E-state index contributed by atoms with van der Waals surface area (Å²) in [4.78, 5) is 4.30. The Morgan fingerprint density at radius 1 is 1.12 bits per heavy atom. The Morgan fingerprint density at radius 3 is 2.42 bits per heavy atom. The van der Waals surface area contributed by atoms with Crippen molar-refractivity contribution in [1.29, 1.82) is 0 Å². The van der Waals surface area contributed by atoms with Gasteiger partial charge in [-0.05, 0) is 48.4 Å². The van der Waals surface area contributed by atoms with Crippen molar-refractivity contribution in [3.8, 4) is 11.4 Å². The van der Waals surface area contributed by atoms with Gasteiger partial charge in [-0.3, -0.25) is 0 Å². The summed E-state index contributed by atoms with van der Waals surface area (Å²) in [5, 5.41) is 0. The van der Waals surface area contributed by atoms with E-state index in [1.54, 1.807) is 19.5 Å². The number of nitrogens with zero attached hydrogens (tertiary/aromatic N) is 2. The van der Waals surface area contributed by atoms with Crippen molar-refractivity contribution < 1.29 is 13.5 Å². The number of halogens is 2. The maximum atomic E-state index is 13.3. The van der Waals surface area contributed by atoms with Crippen molar-refractivity contribution >= 4 is 0 Å². The minimum absolute atomic E-state index is 0.280. The standard InChI is InChI=1S/C18H17F2N3O/c1-24-16-4-2-15(3-5-16)23-7-6-22-18(23)17(21)10-12-8-13(19)11-14(20)9-12/h2-9,11,17H,10,21H2,1H3. The SMILES string of the molecule is COc1ccc(-n2ccnc2C(N)Cc2cc(F)cc(F)c2)cc1. The van der Waals surface area contributed by atoms with Gasteiger partial charge in [0.15, 0.2) is 0 Å². The Morgan fingerprint density at radius 2 is 1.79 bits per heavy atom. The normalized spacial score (nSPS) is 12.2. The third kappa shape index (κ3) is 3.44. The predicted molar refractivity (Wildman–Crippen MR) is 87.1 cm³/mol. The summed E-state index contributed by atoms with van der Waals surface area (Å²) >= 11 is 0. The van der Waals surface area contributed by atoms with E-state index in [1.165, 1.54) is 12.1 Å². The molecule has 3 rings (SSSR count). The van der Waals surface area contributed by atoms with Crippen LogP contribution >= 0.6 is 0 Å². The van der Waals surface area contributed by atoms with E-state index in [4.69, 9.17) is 10.5 Å². The average Bonchev–Trinajstić information content (AvgIpc) is 3.03. The highest BCUT2D eigenvalue weighted by atomic mass is 19.1. The zero-order valence-corrected chi connectivity index (χ0v) is 13.1. The molecule has 1 heterocycles. The molecule has 0 bridgehead atoms. The Hall–Kier alpha value is -2.73. The fourth-order valence-electron chi connectivity index (χ4n) is 2.62. The Bertz CT molecular complexity index is 810. The van der Waals surface area contributed by atoms with E-state index in [1.807, 2.05) is 28.8 Å². The van der Waals surface area contributed by atoms with Crippen LogP contribution in [0.25, 0.3) is 5.69 Å². The van der Waals surface area contributed by atoms with Crippen molar-refractivity contribution in [3.05, 3.63) is 77.9 Å². The molecule has 0 spiro atoms. The molecule has 0 radical (unpaired) electrons. The topological polar surface area (TPSA) is 53.1 Å². The van der Waals surface area contributed by atoms with E-state index in [-0.39, 0.29) is 6.42 Å². The fourth-order valence-corrected chi connectivity index (χ4v) is 2.62. The Labute approximate surface area is 138 Å². The van der Waals surface area contributed by atoms with Gasteiger partial charge < -0.3 is 15.0 Å². The molecule has 4 nitrogen and oxygen atoms in total. The number of aromatic nitrogens is 2. The van der Waals surface area contributed by atoms with Gasteiger partial charge in [-0.25, -0.2) is 13.8 Å². The highest BCUT2D eigenvalue weighted by molar-refractivity contribution is 5.39. The first-order valence-corrected chi connectivity index (χ1v) is 7.45. The molecule has 6 heteroatoms. The molecule has 2 aromatic carbocycles. The summed E-state index contributed by atoms with van der Waals surface area (Å²) in [6.45, 7) is 0. The van der Waals surface area contributed by atoms with Gasteiger partial charge in [-0.1, -0.05) is 0 Å². The van der Waals surface area contributed by atoms with Crippen molar-refractivity contribution in [3.63, 3.8) is 0 Å². The van der Waals surface area contributed by atoms with Crippen molar-refractivity contribution in [2.45, 2.75) is 12.5 Å². The van der Waals surface area contributed by atoms with Crippen molar-refractivity contribution in [1.82, 2.24) is 9.55 Å². The molecular weight excluding hydrogens is 312 g/mol. The molecule has 0 saturated carbocycles. The first kappa shape index (κ1) is 16.1. The molecule has 124 valence electrons. The number of rotatable bonds is 5. The van der Waals surface area contributed by atoms with Crippen LogP contribution in [0.4, 0.5) is 8.78 Å². The van der Waals surface area contributed by atoms with Gasteiger partial charge in [0.25, 0.3) is 0 Å². The fraction of sp³-hybridized carbons (Fsp3) is 0.167. The Kier molecular flexibility index (Phi) is 4.57. The summed E-state index contributed by atoms with van der Waals surface area (Å²) < 4.78 is 33.6. The molecule has 1 aromatic heterocycles. The van der Waals surface area contributed by atoms with Crippen LogP contribution in [0.3, 0.4) is 0 Å². The van der Waals surface area contributed by atoms with E-state index in [9.17, 15) is 8.78 Å². The number of hydrogen-bond acceptors (Lipinski definition) is 3. The van der Waals surface area contributed by atoms with Crippen LogP contribution in [0.2, 0.25) is 0 Å². The first-order chi connectivity index (χ1) is 11.6. The quantitative estimate of drug-likeness (QED) is 0.780. The second-order valence-corrected chi connectivity index (χ2v) is 5.44. The first-order valence-electron chi connectivity index (χ1n) is 7.45. The summed E-state index contributed by atoms with van der Waals surface area (Å²) in [5.74, 6) is 0.135. The second-order valence-electron chi connectivity index (χ2n) is 5.44. The monoisotopic (exact) mass is 329 g/mol. The minimum Gasteiger partial charge on any atom is -0.497 e. The molecule has 2 N–H and O–H groups in total. The van der Waals surface area contributed by atoms with Crippen LogP contribution < -0.4 is 10.5 Å². The van der Waals surface area contributed by atoms with Crippen LogP contribution in [-0.2, 0) is 6.42 Å². The van der Waals surface area contributed by atoms with Gasteiger partial charge in [-0.15, -0.1) is 0 Å². The van der Waals surface area contributed by atoms with E-state index in [0.29, 0.717) is 11.4 Å². The van der Waals surface area contributed by atoms with Crippen LogP contribution in [0.5, 0.6) is 5.75 Å². The zero-order valence-electron chi connectivity index (χ0n) is 13.1. The highest BCUT2D eigenvalue weighted by Crippen LogP contribution is 2.21. The molecule has 24 heavy (non-hydrogen) atoms.